The normalized spacial score (nSPS) is 12.0. The first-order valence-electron chi connectivity index (χ1n) is 4.18. The van der Waals surface area contributed by atoms with Gasteiger partial charge in [-0.05, 0) is 12.3 Å². The summed E-state index contributed by atoms with van der Waals surface area (Å²) in [7, 11) is 0. The second kappa shape index (κ2) is 2.81. The van der Waals surface area contributed by atoms with E-state index in [2.05, 4.69) is 25.9 Å². The second-order valence-corrected chi connectivity index (χ2v) is 4.43. The molecule has 0 aliphatic rings. The van der Waals surface area contributed by atoms with Crippen LogP contribution in [0.1, 0.15) is 26.5 Å². The van der Waals surface area contributed by atoms with E-state index in [-0.39, 0.29) is 5.41 Å². The molecular formula is C9H17N3. The number of rotatable bonds is 1. The molecule has 0 unspecified atom stereocenters. The summed E-state index contributed by atoms with van der Waals surface area (Å²) in [6.45, 7) is 9.49. The van der Waals surface area contributed by atoms with E-state index in [0.717, 1.165) is 12.2 Å². The maximum atomic E-state index is 5.57. The average molecular weight is 167 g/mol. The number of anilines is 1. The lowest BCUT2D eigenvalue weighted by molar-refractivity contribution is 0.322. The summed E-state index contributed by atoms with van der Waals surface area (Å²) in [4.78, 5) is 0. The van der Waals surface area contributed by atoms with E-state index in [1.807, 2.05) is 17.7 Å². The van der Waals surface area contributed by atoms with Crippen molar-refractivity contribution < 1.29 is 0 Å². The van der Waals surface area contributed by atoms with Gasteiger partial charge in [-0.2, -0.15) is 5.10 Å². The van der Waals surface area contributed by atoms with E-state index in [4.69, 9.17) is 5.73 Å². The Morgan fingerprint density at radius 2 is 2.08 bits per heavy atom. The SMILES string of the molecule is Cc1cc(N)nn1CC(C)(C)C. The van der Waals surface area contributed by atoms with Crippen LogP contribution in [0.15, 0.2) is 6.07 Å². The third-order valence-electron chi connectivity index (χ3n) is 1.62. The zero-order valence-corrected chi connectivity index (χ0v) is 8.26. The first-order valence-corrected chi connectivity index (χ1v) is 4.18. The van der Waals surface area contributed by atoms with Crippen LogP contribution >= 0.6 is 0 Å². The molecule has 0 aliphatic heterocycles. The molecule has 2 N–H and O–H groups in total. The number of hydrogen-bond donors (Lipinski definition) is 1. The Bertz CT molecular complexity index is 268. The van der Waals surface area contributed by atoms with Gasteiger partial charge in [0, 0.05) is 18.3 Å². The smallest absolute Gasteiger partial charge is 0.145 e. The van der Waals surface area contributed by atoms with Gasteiger partial charge in [0.05, 0.1) is 0 Å². The number of nitrogen functional groups attached to an aromatic ring is 1. The van der Waals surface area contributed by atoms with Gasteiger partial charge in [-0.15, -0.1) is 0 Å². The summed E-state index contributed by atoms with van der Waals surface area (Å²) >= 11 is 0. The third-order valence-corrected chi connectivity index (χ3v) is 1.62. The van der Waals surface area contributed by atoms with Gasteiger partial charge in [-0.25, -0.2) is 0 Å². The van der Waals surface area contributed by atoms with Gasteiger partial charge in [0.1, 0.15) is 5.82 Å². The van der Waals surface area contributed by atoms with Crippen LogP contribution in [-0.4, -0.2) is 9.78 Å². The Hall–Kier alpha value is -0.990. The van der Waals surface area contributed by atoms with Crippen molar-refractivity contribution in [2.24, 2.45) is 5.41 Å². The van der Waals surface area contributed by atoms with Crippen LogP contribution in [-0.2, 0) is 6.54 Å². The van der Waals surface area contributed by atoms with E-state index in [0.29, 0.717) is 5.82 Å². The lowest BCUT2D eigenvalue weighted by Gasteiger charge is -2.18. The standard InChI is InChI=1S/C9H17N3/c1-7-5-8(10)11-12(7)6-9(2,3)4/h5H,6H2,1-4H3,(H2,10,11). The highest BCUT2D eigenvalue weighted by molar-refractivity contribution is 5.28. The Kier molecular flexibility index (Phi) is 2.13. The third kappa shape index (κ3) is 2.26. The van der Waals surface area contributed by atoms with E-state index in [1.54, 1.807) is 0 Å². The van der Waals surface area contributed by atoms with Crippen molar-refractivity contribution in [3.05, 3.63) is 11.8 Å². The Morgan fingerprint density at radius 1 is 1.50 bits per heavy atom. The van der Waals surface area contributed by atoms with Crippen LogP contribution in [0.2, 0.25) is 0 Å². The molecule has 12 heavy (non-hydrogen) atoms. The maximum absolute atomic E-state index is 5.57. The van der Waals surface area contributed by atoms with E-state index in [1.165, 1.54) is 0 Å². The zero-order valence-electron chi connectivity index (χ0n) is 8.26. The average Bonchev–Trinajstić information content (AvgIpc) is 2.06. The Labute approximate surface area is 73.6 Å². The lowest BCUT2D eigenvalue weighted by atomic mass is 9.97. The first-order chi connectivity index (χ1) is 5.38. The van der Waals surface area contributed by atoms with Gasteiger partial charge in [0.15, 0.2) is 0 Å². The molecule has 0 saturated heterocycles. The minimum absolute atomic E-state index is 0.253. The van der Waals surface area contributed by atoms with Crippen molar-refractivity contribution >= 4 is 5.82 Å². The van der Waals surface area contributed by atoms with Gasteiger partial charge in [-0.1, -0.05) is 20.8 Å². The van der Waals surface area contributed by atoms with Crippen molar-refractivity contribution in [2.45, 2.75) is 34.2 Å². The number of nitrogens with zero attached hydrogens (tertiary/aromatic N) is 2. The molecule has 0 atom stereocenters. The molecule has 0 bridgehead atoms. The van der Waals surface area contributed by atoms with Gasteiger partial charge in [-0.3, -0.25) is 4.68 Å². The number of aryl methyl sites for hydroxylation is 1. The maximum Gasteiger partial charge on any atom is 0.145 e. The fraction of sp³-hybridized carbons (Fsp3) is 0.667. The summed E-state index contributed by atoms with van der Waals surface area (Å²) in [5, 5.41) is 4.19. The molecule has 1 aromatic rings. The molecule has 0 amide bonds. The lowest BCUT2D eigenvalue weighted by Crippen LogP contribution is -2.17. The second-order valence-electron chi connectivity index (χ2n) is 4.43. The first kappa shape index (κ1) is 9.10. The summed E-state index contributed by atoms with van der Waals surface area (Å²) in [5.74, 6) is 0.608. The van der Waals surface area contributed by atoms with Crippen molar-refractivity contribution in [1.82, 2.24) is 9.78 Å². The van der Waals surface area contributed by atoms with Crippen molar-refractivity contribution in [3.8, 4) is 0 Å². The number of hydrogen-bond acceptors (Lipinski definition) is 2. The quantitative estimate of drug-likeness (QED) is 0.693. The molecule has 0 fully saturated rings. The van der Waals surface area contributed by atoms with E-state index in [9.17, 15) is 0 Å². The van der Waals surface area contributed by atoms with Crippen LogP contribution in [0, 0.1) is 12.3 Å². The molecule has 0 saturated carbocycles. The van der Waals surface area contributed by atoms with E-state index >= 15 is 0 Å². The molecule has 0 spiro atoms. The molecule has 1 rings (SSSR count). The van der Waals surface area contributed by atoms with Crippen LogP contribution in [0.5, 0.6) is 0 Å². The van der Waals surface area contributed by atoms with E-state index < -0.39 is 0 Å². The summed E-state index contributed by atoms with van der Waals surface area (Å²) in [5.41, 5.74) is 6.95. The fourth-order valence-electron chi connectivity index (χ4n) is 1.15. The Morgan fingerprint density at radius 3 is 2.42 bits per heavy atom. The van der Waals surface area contributed by atoms with Crippen LogP contribution in [0.4, 0.5) is 5.82 Å². The highest BCUT2D eigenvalue weighted by Crippen LogP contribution is 2.17. The molecule has 0 aliphatic carbocycles. The molecule has 0 radical (unpaired) electrons. The molecule has 0 aromatic carbocycles. The van der Waals surface area contributed by atoms with Gasteiger partial charge in [0.2, 0.25) is 0 Å². The zero-order chi connectivity index (χ0) is 9.35. The highest BCUT2D eigenvalue weighted by Gasteiger charge is 2.13. The molecule has 3 nitrogen and oxygen atoms in total. The van der Waals surface area contributed by atoms with Gasteiger partial charge >= 0.3 is 0 Å². The van der Waals surface area contributed by atoms with Crippen molar-refractivity contribution in [1.29, 1.82) is 0 Å². The Balaban J connectivity index is 2.82. The van der Waals surface area contributed by atoms with Gasteiger partial charge < -0.3 is 5.73 Å². The number of nitrogens with two attached hydrogens (primary N) is 1. The predicted molar refractivity (Wildman–Crippen MR) is 50.8 cm³/mol. The van der Waals surface area contributed by atoms with Crippen molar-refractivity contribution in [3.63, 3.8) is 0 Å². The van der Waals surface area contributed by atoms with Crippen molar-refractivity contribution in [2.75, 3.05) is 5.73 Å². The van der Waals surface area contributed by atoms with Gasteiger partial charge in [0.25, 0.3) is 0 Å². The number of aromatic nitrogens is 2. The molecular weight excluding hydrogens is 150 g/mol. The molecule has 1 aromatic heterocycles. The predicted octanol–water partition coefficient (Wildman–Crippen LogP) is 1.82. The van der Waals surface area contributed by atoms with Crippen LogP contribution < -0.4 is 5.73 Å². The van der Waals surface area contributed by atoms with Crippen LogP contribution in [0.25, 0.3) is 0 Å². The molecule has 68 valence electrons. The molecule has 3 heteroatoms. The van der Waals surface area contributed by atoms with Crippen LogP contribution in [0.3, 0.4) is 0 Å². The highest BCUT2D eigenvalue weighted by atomic mass is 15.3. The minimum Gasteiger partial charge on any atom is -0.382 e. The summed E-state index contributed by atoms with van der Waals surface area (Å²) in [6.07, 6.45) is 0. The topological polar surface area (TPSA) is 43.8 Å². The minimum atomic E-state index is 0.253. The molecule has 1 heterocycles. The summed E-state index contributed by atoms with van der Waals surface area (Å²) < 4.78 is 1.95. The summed E-state index contributed by atoms with van der Waals surface area (Å²) in [6, 6.07) is 1.89. The fourth-order valence-corrected chi connectivity index (χ4v) is 1.15. The monoisotopic (exact) mass is 167 g/mol. The largest absolute Gasteiger partial charge is 0.382 e.